The van der Waals surface area contributed by atoms with E-state index in [9.17, 15) is 4.79 Å². The lowest BCUT2D eigenvalue weighted by molar-refractivity contribution is 0.702. The molecule has 2 aromatic rings. The molecular weight excluding hydrogens is 260 g/mol. The highest BCUT2D eigenvalue weighted by Crippen LogP contribution is 2.28. The van der Waals surface area contributed by atoms with Gasteiger partial charge < -0.3 is 5.73 Å². The van der Waals surface area contributed by atoms with Gasteiger partial charge in [-0.05, 0) is 12.5 Å². The van der Waals surface area contributed by atoms with Gasteiger partial charge in [-0.2, -0.15) is 0 Å². The minimum atomic E-state index is -0.210. The van der Waals surface area contributed by atoms with Crippen LogP contribution in [0.25, 0.3) is 0 Å². The topological polar surface area (TPSA) is 76.7 Å². The first-order valence-electron chi connectivity index (χ1n) is 6.09. The standard InChI is InChI=1S/C13H18N4OS/c1-8-4-6-10(7-5-8)11(14)9(2)19-13-16-15-12(18)17(13)3/h4-7,9,11H,14H2,1-3H3,(H,15,18). The molecule has 5 nitrogen and oxygen atoms in total. The van der Waals surface area contributed by atoms with Crippen molar-refractivity contribution in [2.75, 3.05) is 0 Å². The van der Waals surface area contributed by atoms with Crippen LogP contribution in [0.5, 0.6) is 0 Å². The van der Waals surface area contributed by atoms with E-state index in [0.29, 0.717) is 5.16 Å². The van der Waals surface area contributed by atoms with E-state index in [4.69, 9.17) is 5.73 Å². The van der Waals surface area contributed by atoms with Crippen LogP contribution in [-0.4, -0.2) is 20.0 Å². The molecule has 1 heterocycles. The highest BCUT2D eigenvalue weighted by molar-refractivity contribution is 7.99. The lowest BCUT2D eigenvalue weighted by Crippen LogP contribution is -2.22. The summed E-state index contributed by atoms with van der Waals surface area (Å²) in [5.74, 6) is 0. The van der Waals surface area contributed by atoms with Gasteiger partial charge in [0, 0.05) is 18.3 Å². The lowest BCUT2D eigenvalue weighted by Gasteiger charge is -2.19. The van der Waals surface area contributed by atoms with Crippen LogP contribution in [-0.2, 0) is 7.05 Å². The Balaban J connectivity index is 2.11. The molecule has 0 aliphatic carbocycles. The van der Waals surface area contributed by atoms with Crippen LogP contribution in [0.15, 0.2) is 34.2 Å². The zero-order valence-electron chi connectivity index (χ0n) is 11.3. The highest BCUT2D eigenvalue weighted by Gasteiger charge is 2.18. The number of rotatable bonds is 4. The molecule has 2 rings (SSSR count). The lowest BCUT2D eigenvalue weighted by atomic mass is 10.0. The highest BCUT2D eigenvalue weighted by atomic mass is 32.2. The number of nitrogens with zero attached hydrogens (tertiary/aromatic N) is 2. The van der Waals surface area contributed by atoms with Crippen molar-refractivity contribution in [3.8, 4) is 0 Å². The molecule has 2 atom stereocenters. The van der Waals surface area contributed by atoms with Crippen LogP contribution in [0, 0.1) is 6.92 Å². The third kappa shape index (κ3) is 3.08. The van der Waals surface area contributed by atoms with Crippen molar-refractivity contribution in [3.05, 3.63) is 45.9 Å². The van der Waals surface area contributed by atoms with Crippen LogP contribution in [0.4, 0.5) is 0 Å². The predicted octanol–water partition coefficient (Wildman–Crippen LogP) is 1.60. The number of hydrogen-bond donors (Lipinski definition) is 2. The number of aryl methyl sites for hydroxylation is 1. The van der Waals surface area contributed by atoms with E-state index in [0.717, 1.165) is 5.56 Å². The molecule has 0 saturated heterocycles. The second-order valence-electron chi connectivity index (χ2n) is 4.63. The molecule has 0 saturated carbocycles. The summed E-state index contributed by atoms with van der Waals surface area (Å²) >= 11 is 1.49. The molecule has 1 aromatic heterocycles. The molecule has 6 heteroatoms. The van der Waals surface area contributed by atoms with Crippen molar-refractivity contribution in [2.45, 2.75) is 30.3 Å². The quantitative estimate of drug-likeness (QED) is 0.833. The molecule has 102 valence electrons. The maximum atomic E-state index is 11.3. The van der Waals surface area contributed by atoms with Crippen molar-refractivity contribution < 1.29 is 0 Å². The fourth-order valence-electron chi connectivity index (χ4n) is 1.74. The Morgan fingerprint density at radius 3 is 2.53 bits per heavy atom. The number of H-pyrrole nitrogens is 1. The summed E-state index contributed by atoms with van der Waals surface area (Å²) < 4.78 is 1.49. The second-order valence-corrected chi connectivity index (χ2v) is 5.97. The van der Waals surface area contributed by atoms with Crippen molar-refractivity contribution in [2.24, 2.45) is 12.8 Å². The zero-order valence-corrected chi connectivity index (χ0v) is 12.1. The molecule has 0 amide bonds. The van der Waals surface area contributed by atoms with Gasteiger partial charge in [0.05, 0.1) is 0 Å². The number of nitrogens with two attached hydrogens (primary N) is 1. The summed E-state index contributed by atoms with van der Waals surface area (Å²) in [6.07, 6.45) is 0. The zero-order chi connectivity index (χ0) is 14.0. The molecule has 1 aromatic carbocycles. The average Bonchev–Trinajstić information content (AvgIpc) is 2.71. The molecular formula is C13H18N4OS. The van der Waals surface area contributed by atoms with Crippen molar-refractivity contribution >= 4 is 11.8 Å². The number of benzene rings is 1. The summed E-state index contributed by atoms with van der Waals surface area (Å²) in [7, 11) is 1.69. The first-order chi connectivity index (χ1) is 8.99. The van der Waals surface area contributed by atoms with Crippen LogP contribution in [0.2, 0.25) is 0 Å². The largest absolute Gasteiger partial charge is 0.343 e. The maximum Gasteiger partial charge on any atom is 0.343 e. The molecule has 0 bridgehead atoms. The first-order valence-corrected chi connectivity index (χ1v) is 6.97. The average molecular weight is 278 g/mol. The van der Waals surface area contributed by atoms with Gasteiger partial charge in [-0.15, -0.1) is 5.10 Å². The van der Waals surface area contributed by atoms with Gasteiger partial charge in [-0.3, -0.25) is 4.57 Å². The second kappa shape index (κ2) is 5.63. The first kappa shape index (κ1) is 13.9. The van der Waals surface area contributed by atoms with Crippen molar-refractivity contribution in [3.63, 3.8) is 0 Å². The number of hydrogen-bond acceptors (Lipinski definition) is 4. The van der Waals surface area contributed by atoms with Crippen LogP contribution < -0.4 is 11.4 Å². The summed E-state index contributed by atoms with van der Waals surface area (Å²) in [6.45, 7) is 4.08. The van der Waals surface area contributed by atoms with E-state index in [1.807, 2.05) is 26.0 Å². The predicted molar refractivity (Wildman–Crippen MR) is 77.3 cm³/mol. The summed E-state index contributed by atoms with van der Waals surface area (Å²) in [6, 6.07) is 8.09. The summed E-state index contributed by atoms with van der Waals surface area (Å²) in [5, 5.41) is 7.18. The third-order valence-corrected chi connectivity index (χ3v) is 4.34. The third-order valence-electron chi connectivity index (χ3n) is 3.10. The maximum absolute atomic E-state index is 11.3. The van der Waals surface area contributed by atoms with Gasteiger partial charge in [-0.25, -0.2) is 9.89 Å². The number of nitrogens with one attached hydrogen (secondary N) is 1. The van der Waals surface area contributed by atoms with Gasteiger partial charge in [0.2, 0.25) is 0 Å². The Kier molecular flexibility index (Phi) is 4.11. The minimum absolute atomic E-state index is 0.0996. The molecule has 0 radical (unpaired) electrons. The van der Waals surface area contributed by atoms with E-state index >= 15 is 0 Å². The molecule has 0 fully saturated rings. The Labute approximate surface area is 116 Å². The van der Waals surface area contributed by atoms with E-state index in [-0.39, 0.29) is 17.0 Å². The van der Waals surface area contributed by atoms with Gasteiger partial charge >= 0.3 is 5.69 Å². The van der Waals surface area contributed by atoms with Crippen molar-refractivity contribution in [1.82, 2.24) is 14.8 Å². The van der Waals surface area contributed by atoms with Gasteiger partial charge in [0.25, 0.3) is 0 Å². The van der Waals surface area contributed by atoms with Crippen LogP contribution in [0.3, 0.4) is 0 Å². The summed E-state index contributed by atoms with van der Waals surface area (Å²) in [5.41, 5.74) is 8.34. The molecule has 0 aliphatic heterocycles. The monoisotopic (exact) mass is 278 g/mol. The number of aromatic nitrogens is 3. The Morgan fingerprint density at radius 1 is 1.37 bits per heavy atom. The molecule has 19 heavy (non-hydrogen) atoms. The molecule has 0 aliphatic rings. The summed E-state index contributed by atoms with van der Waals surface area (Å²) in [4.78, 5) is 11.3. The Hall–Kier alpha value is -1.53. The number of aromatic amines is 1. The van der Waals surface area contributed by atoms with Crippen molar-refractivity contribution in [1.29, 1.82) is 0 Å². The van der Waals surface area contributed by atoms with E-state index in [2.05, 4.69) is 22.3 Å². The normalized spacial score (nSPS) is 14.3. The fraction of sp³-hybridized carbons (Fsp3) is 0.385. The van der Waals surface area contributed by atoms with E-state index in [1.165, 1.54) is 21.9 Å². The minimum Gasteiger partial charge on any atom is -0.323 e. The Bertz CT molecular complexity index is 602. The Morgan fingerprint density at radius 2 is 2.00 bits per heavy atom. The van der Waals surface area contributed by atoms with Gasteiger partial charge in [0.15, 0.2) is 5.16 Å². The van der Waals surface area contributed by atoms with Gasteiger partial charge in [0.1, 0.15) is 0 Å². The van der Waals surface area contributed by atoms with Crippen LogP contribution in [0.1, 0.15) is 24.1 Å². The molecule has 3 N–H and O–H groups in total. The van der Waals surface area contributed by atoms with Gasteiger partial charge in [-0.1, -0.05) is 48.5 Å². The molecule has 0 spiro atoms. The van der Waals surface area contributed by atoms with E-state index < -0.39 is 0 Å². The molecule has 2 unspecified atom stereocenters. The fourth-order valence-corrected chi connectivity index (χ4v) is 2.71. The van der Waals surface area contributed by atoms with Crippen LogP contribution >= 0.6 is 11.8 Å². The SMILES string of the molecule is Cc1ccc(C(N)C(C)Sc2n[nH]c(=O)n2C)cc1. The number of thioether (sulfide) groups is 1. The van der Waals surface area contributed by atoms with E-state index in [1.54, 1.807) is 7.05 Å². The smallest absolute Gasteiger partial charge is 0.323 e.